The van der Waals surface area contributed by atoms with Crippen molar-refractivity contribution in [3.05, 3.63) is 107 Å². The van der Waals surface area contributed by atoms with Crippen LogP contribution < -0.4 is 0 Å². The molecule has 0 spiro atoms. The molecule has 1 unspecified atom stereocenters. The number of hydrogen-bond acceptors (Lipinski definition) is 1. The zero-order valence-corrected chi connectivity index (χ0v) is 14.9. The van der Waals surface area contributed by atoms with Gasteiger partial charge in [-0.3, -0.25) is 4.90 Å². The Morgan fingerprint density at radius 1 is 0.800 bits per heavy atom. The van der Waals surface area contributed by atoms with E-state index in [1.165, 1.54) is 22.3 Å². The molecule has 126 valence electrons. The van der Waals surface area contributed by atoms with Crippen LogP contribution in [0.25, 0.3) is 0 Å². The molecular weight excluding hydrogens is 302 g/mol. The molecule has 4 rings (SSSR count). The van der Waals surface area contributed by atoms with E-state index in [2.05, 4.69) is 96.8 Å². The van der Waals surface area contributed by atoms with Crippen molar-refractivity contribution < 1.29 is 0 Å². The van der Waals surface area contributed by atoms with Gasteiger partial charge in [0.15, 0.2) is 0 Å². The number of rotatable bonds is 4. The van der Waals surface area contributed by atoms with Gasteiger partial charge in [-0.05, 0) is 42.0 Å². The molecule has 3 aromatic rings. The van der Waals surface area contributed by atoms with Crippen molar-refractivity contribution in [3.63, 3.8) is 0 Å². The Morgan fingerprint density at radius 3 is 2.20 bits per heavy atom. The fraction of sp³-hybridized carbons (Fsp3) is 0.250. The Kier molecular flexibility index (Phi) is 4.42. The molecule has 0 N–H and O–H groups in total. The molecule has 3 aromatic carbocycles. The minimum atomic E-state index is -0.0646. The summed E-state index contributed by atoms with van der Waals surface area (Å²) in [6, 6.07) is 30.8. The summed E-state index contributed by atoms with van der Waals surface area (Å²) in [6.45, 7) is 4.57. The molecule has 0 radical (unpaired) electrons. The van der Waals surface area contributed by atoms with Crippen LogP contribution in [0.15, 0.2) is 84.9 Å². The van der Waals surface area contributed by atoms with Crippen molar-refractivity contribution in [2.24, 2.45) is 0 Å². The zero-order valence-electron chi connectivity index (χ0n) is 14.9. The Labute approximate surface area is 150 Å². The Hall–Kier alpha value is -2.38. The predicted octanol–water partition coefficient (Wildman–Crippen LogP) is 5.05. The van der Waals surface area contributed by atoms with E-state index >= 15 is 0 Å². The van der Waals surface area contributed by atoms with Crippen molar-refractivity contribution in [2.45, 2.75) is 25.3 Å². The van der Waals surface area contributed by atoms with E-state index in [1.807, 2.05) is 0 Å². The highest BCUT2D eigenvalue weighted by Gasteiger charge is 2.39. The lowest BCUT2D eigenvalue weighted by atomic mass is 9.77. The van der Waals surface area contributed by atoms with E-state index in [1.54, 1.807) is 0 Å². The van der Waals surface area contributed by atoms with Crippen molar-refractivity contribution in [3.8, 4) is 0 Å². The van der Waals surface area contributed by atoms with E-state index in [-0.39, 0.29) is 5.54 Å². The van der Waals surface area contributed by atoms with Crippen LogP contribution in [0, 0.1) is 0 Å². The topological polar surface area (TPSA) is 3.24 Å². The average molecular weight is 327 g/mol. The summed E-state index contributed by atoms with van der Waals surface area (Å²) < 4.78 is 0. The lowest BCUT2D eigenvalue weighted by Crippen LogP contribution is -2.50. The summed E-state index contributed by atoms with van der Waals surface area (Å²) in [6.07, 6.45) is 2.22. The number of nitrogens with zero attached hydrogens (tertiary/aromatic N) is 1. The second-order valence-corrected chi connectivity index (χ2v) is 7.07. The molecule has 1 heteroatoms. The van der Waals surface area contributed by atoms with E-state index in [0.29, 0.717) is 0 Å². The van der Waals surface area contributed by atoms with Crippen LogP contribution in [0.5, 0.6) is 0 Å². The molecule has 0 saturated carbocycles. The van der Waals surface area contributed by atoms with Gasteiger partial charge in [-0.2, -0.15) is 0 Å². The third-order valence-corrected chi connectivity index (χ3v) is 5.67. The van der Waals surface area contributed by atoms with Crippen LogP contribution in [0.1, 0.15) is 29.2 Å². The van der Waals surface area contributed by atoms with Crippen LogP contribution in [0.3, 0.4) is 0 Å². The normalized spacial score (nSPS) is 20.2. The third-order valence-electron chi connectivity index (χ3n) is 5.67. The fourth-order valence-corrected chi connectivity index (χ4v) is 4.21. The smallest absolute Gasteiger partial charge is 0.0689 e. The highest BCUT2D eigenvalue weighted by Crippen LogP contribution is 2.40. The van der Waals surface area contributed by atoms with E-state index < -0.39 is 0 Å². The van der Waals surface area contributed by atoms with Gasteiger partial charge in [0, 0.05) is 13.1 Å². The van der Waals surface area contributed by atoms with Crippen LogP contribution in [-0.2, 0) is 18.4 Å². The Balaban J connectivity index is 1.71. The molecule has 1 heterocycles. The minimum Gasteiger partial charge on any atom is -0.289 e. The summed E-state index contributed by atoms with van der Waals surface area (Å²) in [5, 5.41) is 0. The Bertz CT molecular complexity index is 825. The van der Waals surface area contributed by atoms with Crippen molar-refractivity contribution in [1.82, 2.24) is 4.90 Å². The molecule has 1 aliphatic heterocycles. The van der Waals surface area contributed by atoms with E-state index in [4.69, 9.17) is 0 Å². The fourth-order valence-electron chi connectivity index (χ4n) is 4.21. The highest BCUT2D eigenvalue weighted by molar-refractivity contribution is 5.44. The summed E-state index contributed by atoms with van der Waals surface area (Å²) in [5.41, 5.74) is 5.68. The number of fused-ring (bicyclic) bond motifs is 1. The lowest BCUT2D eigenvalue weighted by Gasteiger charge is -2.47. The SMILES string of the molecule is CC1(c2ccccc2)c2ccccc2CCN1CCc1ccccc1. The minimum absolute atomic E-state index is 0.0646. The summed E-state index contributed by atoms with van der Waals surface area (Å²) in [5.74, 6) is 0. The first-order valence-electron chi connectivity index (χ1n) is 9.21. The molecule has 0 aliphatic carbocycles. The molecule has 0 saturated heterocycles. The van der Waals surface area contributed by atoms with Gasteiger partial charge in [-0.15, -0.1) is 0 Å². The standard InChI is InChI=1S/C24H25N/c1-24(22-13-6-3-7-14-22)23-15-9-8-12-21(23)17-19-25(24)18-16-20-10-4-2-5-11-20/h2-15H,16-19H2,1H3. The lowest BCUT2D eigenvalue weighted by molar-refractivity contribution is 0.128. The molecular formula is C24H25N. The van der Waals surface area contributed by atoms with Crippen LogP contribution >= 0.6 is 0 Å². The molecule has 25 heavy (non-hydrogen) atoms. The molecule has 0 fully saturated rings. The van der Waals surface area contributed by atoms with Crippen molar-refractivity contribution in [2.75, 3.05) is 13.1 Å². The maximum Gasteiger partial charge on any atom is 0.0689 e. The van der Waals surface area contributed by atoms with Crippen LogP contribution in [0.4, 0.5) is 0 Å². The average Bonchev–Trinajstić information content (AvgIpc) is 2.69. The number of hydrogen-bond donors (Lipinski definition) is 0. The molecule has 0 amide bonds. The first-order chi connectivity index (χ1) is 12.3. The van der Waals surface area contributed by atoms with Crippen LogP contribution in [0.2, 0.25) is 0 Å². The molecule has 1 atom stereocenters. The zero-order chi connectivity index (χ0) is 17.1. The summed E-state index contributed by atoms with van der Waals surface area (Å²) in [4.78, 5) is 2.66. The van der Waals surface area contributed by atoms with E-state index in [0.717, 1.165) is 25.9 Å². The summed E-state index contributed by atoms with van der Waals surface area (Å²) >= 11 is 0. The quantitative estimate of drug-likeness (QED) is 0.648. The monoisotopic (exact) mass is 327 g/mol. The van der Waals surface area contributed by atoms with Gasteiger partial charge in [0.25, 0.3) is 0 Å². The second kappa shape index (κ2) is 6.85. The van der Waals surface area contributed by atoms with Crippen molar-refractivity contribution in [1.29, 1.82) is 0 Å². The van der Waals surface area contributed by atoms with Gasteiger partial charge in [-0.25, -0.2) is 0 Å². The van der Waals surface area contributed by atoms with Crippen molar-refractivity contribution >= 4 is 0 Å². The molecule has 0 aromatic heterocycles. The first kappa shape index (κ1) is 16.1. The molecule has 0 bridgehead atoms. The molecule has 1 aliphatic rings. The van der Waals surface area contributed by atoms with Gasteiger partial charge in [0.1, 0.15) is 0 Å². The summed E-state index contributed by atoms with van der Waals surface area (Å²) in [7, 11) is 0. The van der Waals surface area contributed by atoms with Gasteiger partial charge in [0.2, 0.25) is 0 Å². The number of benzene rings is 3. The third kappa shape index (κ3) is 3.01. The highest BCUT2D eigenvalue weighted by atomic mass is 15.2. The second-order valence-electron chi connectivity index (χ2n) is 7.07. The van der Waals surface area contributed by atoms with E-state index in [9.17, 15) is 0 Å². The van der Waals surface area contributed by atoms with Gasteiger partial charge in [0.05, 0.1) is 5.54 Å². The van der Waals surface area contributed by atoms with Crippen LogP contribution in [-0.4, -0.2) is 18.0 Å². The largest absolute Gasteiger partial charge is 0.289 e. The maximum atomic E-state index is 2.66. The predicted molar refractivity (Wildman–Crippen MR) is 105 cm³/mol. The van der Waals surface area contributed by atoms with Gasteiger partial charge in [-0.1, -0.05) is 84.9 Å². The molecule has 1 nitrogen and oxygen atoms in total. The first-order valence-corrected chi connectivity index (χ1v) is 9.21. The Morgan fingerprint density at radius 2 is 1.44 bits per heavy atom. The maximum absolute atomic E-state index is 2.66. The van der Waals surface area contributed by atoms with Gasteiger partial charge >= 0.3 is 0 Å². The van der Waals surface area contributed by atoms with Gasteiger partial charge < -0.3 is 0 Å².